The zero-order chi connectivity index (χ0) is 26.1. The first kappa shape index (κ1) is 25.2. The summed E-state index contributed by atoms with van der Waals surface area (Å²) in [6.45, 7) is 5.12. The van der Waals surface area contributed by atoms with E-state index in [1.165, 1.54) is 6.07 Å². The minimum absolute atomic E-state index is 0.00320. The second-order valence-corrected chi connectivity index (χ2v) is 11.1. The topological polar surface area (TPSA) is 87.8 Å². The fourth-order valence-electron chi connectivity index (χ4n) is 6.37. The van der Waals surface area contributed by atoms with Crippen LogP contribution in [0.4, 0.5) is 0 Å². The lowest BCUT2D eigenvalue weighted by Crippen LogP contribution is -2.46. The number of furan rings is 1. The molecule has 1 aliphatic heterocycles. The second-order valence-electron chi connectivity index (χ2n) is 11.1. The number of rotatable bonds is 7. The third kappa shape index (κ3) is 5.20. The average molecular weight is 502 g/mol. The lowest BCUT2D eigenvalue weighted by molar-refractivity contribution is -0.142. The highest BCUT2D eigenvalue weighted by atomic mass is 16.4. The van der Waals surface area contributed by atoms with Gasteiger partial charge in [-0.1, -0.05) is 50.2 Å². The van der Waals surface area contributed by atoms with Crippen molar-refractivity contribution in [1.29, 1.82) is 0 Å². The summed E-state index contributed by atoms with van der Waals surface area (Å²) in [5, 5.41) is 9.88. The standard InChI is InChI=1S/C31H35NO5/c1-19(2)21-9-11-23(12-10-21)30(34)32-15-14-25(22-6-4-3-5-7-22)29(32)26(33)17-20-8-13-27-24(16-20)18-28(37-27)31(35)36/h3-8,13,16,18-19,21,23,25,29H,9-12,14-15,17H2,1-2H3,(H,35,36)/t21?,23?,25-,29+/m1/s1. The first-order chi connectivity index (χ1) is 17.8. The Balaban J connectivity index is 1.38. The van der Waals surface area contributed by atoms with Crippen molar-refractivity contribution in [3.05, 3.63) is 71.5 Å². The zero-order valence-electron chi connectivity index (χ0n) is 21.6. The molecule has 6 heteroatoms. The van der Waals surface area contributed by atoms with Gasteiger partial charge in [0.1, 0.15) is 5.58 Å². The van der Waals surface area contributed by atoms with Crippen molar-refractivity contribution in [3.63, 3.8) is 0 Å². The minimum Gasteiger partial charge on any atom is -0.475 e. The summed E-state index contributed by atoms with van der Waals surface area (Å²) in [5.74, 6) is 0.199. The molecule has 0 radical (unpaired) electrons. The number of ketones is 1. The van der Waals surface area contributed by atoms with Crippen LogP contribution in [0.3, 0.4) is 0 Å². The molecule has 1 amide bonds. The van der Waals surface area contributed by atoms with Crippen LogP contribution in [0.5, 0.6) is 0 Å². The fourth-order valence-corrected chi connectivity index (χ4v) is 6.37. The molecule has 194 valence electrons. The van der Waals surface area contributed by atoms with Crippen molar-refractivity contribution >= 4 is 28.6 Å². The molecule has 1 saturated heterocycles. The summed E-state index contributed by atoms with van der Waals surface area (Å²) in [6, 6.07) is 16.4. The highest BCUT2D eigenvalue weighted by molar-refractivity contribution is 5.94. The molecule has 5 rings (SSSR count). The number of hydrogen-bond acceptors (Lipinski definition) is 4. The Morgan fingerprint density at radius 3 is 2.38 bits per heavy atom. The molecule has 1 N–H and O–H groups in total. The number of fused-ring (bicyclic) bond motifs is 1. The Morgan fingerprint density at radius 2 is 1.70 bits per heavy atom. The molecular weight excluding hydrogens is 466 g/mol. The SMILES string of the molecule is CC(C)C1CCC(C(=O)N2CC[C@H](c3ccccc3)[C@H]2C(=O)Cc2ccc3oc(C(=O)O)cc3c2)CC1. The molecule has 1 aromatic heterocycles. The minimum atomic E-state index is -1.12. The summed E-state index contributed by atoms with van der Waals surface area (Å²) < 4.78 is 5.36. The first-order valence-electron chi connectivity index (χ1n) is 13.5. The van der Waals surface area contributed by atoms with Gasteiger partial charge in [0.05, 0.1) is 6.04 Å². The number of hydrogen-bond donors (Lipinski definition) is 1. The molecule has 2 aliphatic rings. The van der Waals surface area contributed by atoms with Crippen molar-refractivity contribution in [2.24, 2.45) is 17.8 Å². The van der Waals surface area contributed by atoms with Crippen molar-refractivity contribution < 1.29 is 23.9 Å². The van der Waals surface area contributed by atoms with Gasteiger partial charge in [-0.2, -0.15) is 0 Å². The number of amides is 1. The molecule has 37 heavy (non-hydrogen) atoms. The van der Waals surface area contributed by atoms with Crippen molar-refractivity contribution in [1.82, 2.24) is 4.90 Å². The summed E-state index contributed by atoms with van der Waals surface area (Å²) in [6.07, 6.45) is 4.91. The number of likely N-dealkylation sites (tertiary alicyclic amines) is 1. The van der Waals surface area contributed by atoms with E-state index < -0.39 is 12.0 Å². The van der Waals surface area contributed by atoms with E-state index in [-0.39, 0.29) is 35.7 Å². The van der Waals surface area contributed by atoms with Crippen LogP contribution < -0.4 is 0 Å². The van der Waals surface area contributed by atoms with E-state index in [2.05, 4.69) is 26.0 Å². The predicted molar refractivity (Wildman–Crippen MR) is 141 cm³/mol. The van der Waals surface area contributed by atoms with Gasteiger partial charge in [0, 0.05) is 30.2 Å². The average Bonchev–Trinajstić information content (AvgIpc) is 3.53. The number of carboxylic acid groups (broad SMARTS) is 1. The van der Waals surface area contributed by atoms with Crippen LogP contribution in [0.1, 0.15) is 73.6 Å². The van der Waals surface area contributed by atoms with Gasteiger partial charge < -0.3 is 14.4 Å². The van der Waals surface area contributed by atoms with Crippen LogP contribution in [0.15, 0.2) is 59.0 Å². The van der Waals surface area contributed by atoms with E-state index in [9.17, 15) is 19.5 Å². The largest absolute Gasteiger partial charge is 0.475 e. The highest BCUT2D eigenvalue weighted by Gasteiger charge is 2.44. The van der Waals surface area contributed by atoms with E-state index in [1.807, 2.05) is 29.2 Å². The van der Waals surface area contributed by atoms with Crippen LogP contribution in [-0.4, -0.2) is 40.3 Å². The van der Waals surface area contributed by atoms with Gasteiger partial charge in [0.15, 0.2) is 5.78 Å². The Morgan fingerprint density at radius 1 is 0.973 bits per heavy atom. The molecule has 3 aromatic rings. The number of nitrogens with zero attached hydrogens (tertiary/aromatic N) is 1. The molecule has 0 unspecified atom stereocenters. The van der Waals surface area contributed by atoms with Crippen LogP contribution in [0.25, 0.3) is 11.0 Å². The molecule has 1 saturated carbocycles. The molecule has 2 aromatic carbocycles. The predicted octanol–water partition coefficient (Wildman–Crippen LogP) is 6.09. The van der Waals surface area contributed by atoms with E-state index in [4.69, 9.17) is 4.42 Å². The summed E-state index contributed by atoms with van der Waals surface area (Å²) in [5.41, 5.74) is 2.36. The third-order valence-corrected chi connectivity index (χ3v) is 8.47. The number of aromatic carboxylic acids is 1. The van der Waals surface area contributed by atoms with Gasteiger partial charge in [-0.05, 0) is 73.3 Å². The number of carboxylic acids is 1. The summed E-state index contributed by atoms with van der Waals surface area (Å²) in [7, 11) is 0. The Labute approximate surface area is 217 Å². The first-order valence-corrected chi connectivity index (χ1v) is 13.5. The Bertz CT molecular complexity index is 1290. The normalized spacial score (nSPS) is 24.0. The zero-order valence-corrected chi connectivity index (χ0v) is 21.6. The maximum atomic E-state index is 13.9. The number of Topliss-reactive ketones (excluding diaryl/α,β-unsaturated/α-hetero) is 1. The van der Waals surface area contributed by atoms with E-state index in [0.29, 0.717) is 29.3 Å². The van der Waals surface area contributed by atoms with Gasteiger partial charge in [-0.15, -0.1) is 0 Å². The molecule has 0 bridgehead atoms. The van der Waals surface area contributed by atoms with Crippen LogP contribution in [-0.2, 0) is 16.0 Å². The Hall–Kier alpha value is -3.41. The summed E-state index contributed by atoms with van der Waals surface area (Å²) >= 11 is 0. The van der Waals surface area contributed by atoms with Gasteiger partial charge >= 0.3 is 5.97 Å². The number of carbonyl (C=O) groups is 3. The van der Waals surface area contributed by atoms with E-state index in [0.717, 1.165) is 43.2 Å². The summed E-state index contributed by atoms with van der Waals surface area (Å²) in [4.78, 5) is 40.8. The van der Waals surface area contributed by atoms with Crippen LogP contribution in [0.2, 0.25) is 0 Å². The Kier molecular flexibility index (Phi) is 7.18. The maximum absolute atomic E-state index is 13.9. The lowest BCUT2D eigenvalue weighted by atomic mass is 9.76. The molecule has 2 atom stereocenters. The molecule has 2 fully saturated rings. The molecule has 6 nitrogen and oxygen atoms in total. The second kappa shape index (κ2) is 10.5. The molecule has 1 aliphatic carbocycles. The van der Waals surface area contributed by atoms with Gasteiger partial charge in [-0.3, -0.25) is 9.59 Å². The smallest absolute Gasteiger partial charge is 0.371 e. The monoisotopic (exact) mass is 501 g/mol. The number of carbonyl (C=O) groups excluding carboxylic acids is 2. The van der Waals surface area contributed by atoms with Crippen LogP contribution in [0, 0.1) is 17.8 Å². The van der Waals surface area contributed by atoms with Crippen molar-refractivity contribution in [2.75, 3.05) is 6.54 Å². The van der Waals surface area contributed by atoms with Crippen molar-refractivity contribution in [3.8, 4) is 0 Å². The van der Waals surface area contributed by atoms with Gasteiger partial charge in [0.25, 0.3) is 0 Å². The molecule has 0 spiro atoms. The van der Waals surface area contributed by atoms with Gasteiger partial charge in [-0.25, -0.2) is 4.79 Å². The molecular formula is C31H35NO5. The van der Waals surface area contributed by atoms with Crippen molar-refractivity contribution in [2.45, 2.75) is 64.3 Å². The highest BCUT2D eigenvalue weighted by Crippen LogP contribution is 2.39. The third-order valence-electron chi connectivity index (χ3n) is 8.47. The van der Waals surface area contributed by atoms with E-state index in [1.54, 1.807) is 12.1 Å². The lowest BCUT2D eigenvalue weighted by Gasteiger charge is -2.35. The number of benzene rings is 2. The maximum Gasteiger partial charge on any atom is 0.371 e. The molecule has 2 heterocycles. The van der Waals surface area contributed by atoms with E-state index >= 15 is 0 Å². The fraction of sp³-hybridized carbons (Fsp3) is 0.452. The van der Waals surface area contributed by atoms with Gasteiger partial charge in [0.2, 0.25) is 11.7 Å². The van der Waals surface area contributed by atoms with Crippen LogP contribution >= 0.6 is 0 Å². The quantitative estimate of drug-likeness (QED) is 0.423.